The maximum Gasteiger partial charge on any atom is 0.387 e. The number of rotatable bonds is 7. The van der Waals surface area contributed by atoms with Gasteiger partial charge in [0.1, 0.15) is 11.4 Å². The number of aromatic nitrogens is 1. The number of carbonyl (C=O) groups excluding carboxylic acids is 2. The van der Waals surface area contributed by atoms with Gasteiger partial charge in [-0.2, -0.15) is 8.78 Å². The number of halogens is 2. The number of aryl methyl sites for hydroxylation is 1. The molecule has 1 aromatic carbocycles. The van der Waals surface area contributed by atoms with Crippen LogP contribution in [0.1, 0.15) is 10.5 Å². The molecule has 0 spiro atoms. The van der Waals surface area contributed by atoms with Gasteiger partial charge in [-0.15, -0.1) is 0 Å². The number of alkyl halides is 2. The van der Waals surface area contributed by atoms with Crippen molar-refractivity contribution in [1.82, 2.24) is 4.57 Å². The van der Waals surface area contributed by atoms with Crippen LogP contribution in [0.15, 0.2) is 36.5 Å². The smallest absolute Gasteiger partial charge is 0.387 e. The molecule has 0 unspecified atom stereocenters. The lowest BCUT2D eigenvalue weighted by Crippen LogP contribution is -2.22. The van der Waals surface area contributed by atoms with E-state index in [4.69, 9.17) is 4.74 Å². The molecule has 11 heteroatoms. The third kappa shape index (κ3) is 4.75. The molecule has 1 N–H and O–H groups in total. The van der Waals surface area contributed by atoms with Gasteiger partial charge in [-0.05, 0) is 12.1 Å². The van der Waals surface area contributed by atoms with Gasteiger partial charge in [-0.3, -0.25) is 14.9 Å². The van der Waals surface area contributed by atoms with Crippen LogP contribution in [0, 0.1) is 10.1 Å². The Morgan fingerprint density at radius 3 is 2.65 bits per heavy atom. The molecular weight excluding hydrogens is 356 g/mol. The van der Waals surface area contributed by atoms with Gasteiger partial charge in [0.2, 0.25) is 0 Å². The zero-order valence-corrected chi connectivity index (χ0v) is 13.3. The molecule has 2 rings (SSSR count). The molecule has 0 aliphatic carbocycles. The predicted molar refractivity (Wildman–Crippen MR) is 84.1 cm³/mol. The van der Waals surface area contributed by atoms with Crippen molar-refractivity contribution < 1.29 is 32.8 Å². The third-order valence-electron chi connectivity index (χ3n) is 3.12. The van der Waals surface area contributed by atoms with Crippen molar-refractivity contribution in [3.8, 4) is 5.75 Å². The van der Waals surface area contributed by atoms with Gasteiger partial charge in [0, 0.05) is 13.1 Å². The first-order chi connectivity index (χ1) is 12.3. The molecule has 1 aromatic heterocycles. The highest BCUT2D eigenvalue weighted by Gasteiger charge is 2.20. The summed E-state index contributed by atoms with van der Waals surface area (Å²) in [4.78, 5) is 33.7. The number of nitrogens with one attached hydrogen (secondary N) is 1. The molecule has 1 amide bonds. The molecule has 138 valence electrons. The van der Waals surface area contributed by atoms with Gasteiger partial charge in [-0.1, -0.05) is 12.1 Å². The maximum atomic E-state index is 12.3. The van der Waals surface area contributed by atoms with E-state index in [2.05, 4.69) is 10.1 Å². The zero-order valence-electron chi connectivity index (χ0n) is 13.3. The third-order valence-corrected chi connectivity index (χ3v) is 3.12. The number of hydrogen-bond acceptors (Lipinski definition) is 6. The molecular formula is C15H13F2N3O6. The van der Waals surface area contributed by atoms with E-state index in [0.717, 1.165) is 12.3 Å². The number of esters is 1. The Balaban J connectivity index is 1.97. The van der Waals surface area contributed by atoms with E-state index in [0.29, 0.717) is 0 Å². The highest BCUT2D eigenvalue weighted by atomic mass is 19.3. The summed E-state index contributed by atoms with van der Waals surface area (Å²) >= 11 is 0. The Labute approximate surface area is 145 Å². The standard InChI is InChI=1S/C15H13F2N3O6/c1-19-7-9(20(23)24)6-11(19)14(22)25-8-13(21)18-10-4-2-3-5-12(10)26-15(16)17/h2-7,15H,8H2,1H3,(H,18,21). The molecule has 0 bridgehead atoms. The minimum atomic E-state index is -3.07. The average molecular weight is 369 g/mol. The molecule has 0 radical (unpaired) electrons. The van der Waals surface area contributed by atoms with E-state index in [1.807, 2.05) is 0 Å². The number of amides is 1. The van der Waals surface area contributed by atoms with Gasteiger partial charge < -0.3 is 19.4 Å². The highest BCUT2D eigenvalue weighted by molar-refractivity contribution is 5.96. The van der Waals surface area contributed by atoms with Crippen LogP contribution in [0.5, 0.6) is 5.75 Å². The van der Waals surface area contributed by atoms with E-state index in [1.165, 1.54) is 35.9 Å². The summed E-state index contributed by atoms with van der Waals surface area (Å²) in [6, 6.07) is 6.50. The lowest BCUT2D eigenvalue weighted by molar-refractivity contribution is -0.384. The summed E-state index contributed by atoms with van der Waals surface area (Å²) in [6.07, 6.45) is 1.12. The summed E-state index contributed by atoms with van der Waals surface area (Å²) in [5.74, 6) is -2.00. The van der Waals surface area contributed by atoms with Crippen molar-refractivity contribution in [1.29, 1.82) is 0 Å². The van der Waals surface area contributed by atoms with Gasteiger partial charge in [0.25, 0.3) is 11.6 Å². The fraction of sp³-hybridized carbons (Fsp3) is 0.200. The Bertz CT molecular complexity index is 837. The fourth-order valence-electron chi connectivity index (χ4n) is 2.01. The lowest BCUT2D eigenvalue weighted by atomic mass is 10.3. The van der Waals surface area contributed by atoms with Crippen LogP contribution >= 0.6 is 0 Å². The Kier molecular flexibility index (Phi) is 5.83. The van der Waals surface area contributed by atoms with E-state index < -0.39 is 30.0 Å². The van der Waals surface area contributed by atoms with Crippen LogP contribution < -0.4 is 10.1 Å². The molecule has 0 saturated heterocycles. The molecule has 1 heterocycles. The van der Waals surface area contributed by atoms with Crippen LogP contribution in [-0.2, 0) is 16.6 Å². The zero-order chi connectivity index (χ0) is 19.3. The minimum Gasteiger partial charge on any atom is -0.451 e. The number of hydrogen-bond donors (Lipinski definition) is 1. The summed E-state index contributed by atoms with van der Waals surface area (Å²) in [5.41, 5.74) is -0.448. The van der Waals surface area contributed by atoms with E-state index in [9.17, 15) is 28.5 Å². The van der Waals surface area contributed by atoms with Crippen molar-refractivity contribution in [3.63, 3.8) is 0 Å². The first-order valence-corrected chi connectivity index (χ1v) is 7.09. The quantitative estimate of drug-likeness (QED) is 0.455. The normalized spacial score (nSPS) is 10.5. The van der Waals surface area contributed by atoms with Gasteiger partial charge in [0.15, 0.2) is 6.61 Å². The number of nitrogens with zero attached hydrogens (tertiary/aromatic N) is 2. The molecule has 0 fully saturated rings. The first-order valence-electron chi connectivity index (χ1n) is 7.09. The number of anilines is 1. The van der Waals surface area contributed by atoms with Crippen molar-refractivity contribution in [2.45, 2.75) is 6.61 Å². The second-order valence-corrected chi connectivity index (χ2v) is 4.95. The Morgan fingerprint density at radius 1 is 1.35 bits per heavy atom. The maximum absolute atomic E-state index is 12.3. The summed E-state index contributed by atoms with van der Waals surface area (Å²) in [6.45, 7) is -3.79. The van der Waals surface area contributed by atoms with E-state index in [1.54, 1.807) is 0 Å². The summed E-state index contributed by atoms with van der Waals surface area (Å²) in [5, 5.41) is 12.9. The number of nitro groups is 1. The summed E-state index contributed by atoms with van der Waals surface area (Å²) < 4.78 is 34.9. The molecule has 0 aliphatic rings. The number of carbonyl (C=O) groups is 2. The van der Waals surface area contributed by atoms with Crippen LogP contribution in [0.25, 0.3) is 0 Å². The first kappa shape index (κ1) is 18.8. The molecule has 0 atom stereocenters. The van der Waals surface area contributed by atoms with Crippen LogP contribution in [0.4, 0.5) is 20.2 Å². The molecule has 2 aromatic rings. The van der Waals surface area contributed by atoms with E-state index >= 15 is 0 Å². The van der Waals surface area contributed by atoms with Gasteiger partial charge in [0.05, 0.1) is 16.8 Å². The van der Waals surface area contributed by atoms with Crippen molar-refractivity contribution in [2.24, 2.45) is 7.05 Å². The van der Waals surface area contributed by atoms with Crippen molar-refractivity contribution in [2.75, 3.05) is 11.9 Å². The fourth-order valence-corrected chi connectivity index (χ4v) is 2.01. The van der Waals surface area contributed by atoms with Gasteiger partial charge >= 0.3 is 12.6 Å². The highest BCUT2D eigenvalue weighted by Crippen LogP contribution is 2.25. The molecule has 0 aliphatic heterocycles. The van der Waals surface area contributed by atoms with Crippen LogP contribution in [0.3, 0.4) is 0 Å². The predicted octanol–water partition coefficient (Wildman–Crippen LogP) is 2.33. The van der Waals surface area contributed by atoms with Crippen molar-refractivity contribution >= 4 is 23.3 Å². The second kappa shape index (κ2) is 8.05. The topological polar surface area (TPSA) is 113 Å². The average Bonchev–Trinajstić information content (AvgIpc) is 2.96. The van der Waals surface area contributed by atoms with Crippen molar-refractivity contribution in [3.05, 3.63) is 52.3 Å². The number of ether oxygens (including phenoxy) is 2. The monoisotopic (exact) mass is 369 g/mol. The van der Waals surface area contributed by atoms with Crippen LogP contribution in [-0.4, -0.2) is 34.6 Å². The second-order valence-electron chi connectivity index (χ2n) is 4.95. The summed E-state index contributed by atoms with van der Waals surface area (Å²) in [7, 11) is 1.40. The SMILES string of the molecule is Cn1cc([N+](=O)[O-])cc1C(=O)OCC(=O)Nc1ccccc1OC(F)F. The molecule has 0 saturated carbocycles. The largest absolute Gasteiger partial charge is 0.451 e. The molecule has 26 heavy (non-hydrogen) atoms. The van der Waals surface area contributed by atoms with Crippen LogP contribution in [0.2, 0.25) is 0 Å². The Morgan fingerprint density at radius 2 is 2.04 bits per heavy atom. The number of benzene rings is 1. The minimum absolute atomic E-state index is 0.0247. The molecule has 9 nitrogen and oxygen atoms in total. The Hall–Kier alpha value is -3.50. The lowest BCUT2D eigenvalue weighted by Gasteiger charge is -2.11. The number of para-hydroxylation sites is 2. The van der Waals surface area contributed by atoms with Gasteiger partial charge in [-0.25, -0.2) is 4.79 Å². The van der Waals surface area contributed by atoms with E-state index in [-0.39, 0.29) is 22.8 Å².